The number of carboxylic acids is 1. The Labute approximate surface area is 466 Å². The molecule has 0 aliphatic rings. The molecule has 0 saturated carbocycles. The van der Waals surface area contributed by atoms with Crippen LogP contribution in [0.25, 0.3) is 0 Å². The Morgan fingerprint density at radius 2 is 1.07 bits per heavy atom. The number of carboxylic acid groups (broad SMARTS) is 1. The van der Waals surface area contributed by atoms with Crippen LogP contribution in [0.4, 0.5) is 0 Å². The molecule has 1 heterocycles. The number of nitrogens with two attached hydrogens (primary N) is 5. The number of hydrogen-bond acceptors (Lipinski definition) is 16. The van der Waals surface area contributed by atoms with E-state index in [1.807, 2.05) is 0 Å². The number of carbonyl (C=O) groups excluding carboxylic acids is 10. The molecule has 1 aromatic heterocycles. The minimum absolute atomic E-state index is 0.0399. The molecule has 1 aromatic rings. The third kappa shape index (κ3) is 26.9. The van der Waals surface area contributed by atoms with Gasteiger partial charge in [0.05, 0.1) is 19.0 Å². The second-order valence-corrected chi connectivity index (χ2v) is 20.7. The van der Waals surface area contributed by atoms with Crippen molar-refractivity contribution in [2.45, 2.75) is 186 Å². The van der Waals surface area contributed by atoms with Crippen LogP contribution >= 0.6 is 0 Å². The molecule has 0 radical (unpaired) electrons. The van der Waals surface area contributed by atoms with E-state index in [-0.39, 0.29) is 69.3 Å². The number of carbonyl (C=O) groups is 11. The number of aliphatic carboxylic acids is 1. The third-order valence-electron chi connectivity index (χ3n) is 12.3. The Balaban J connectivity index is 3.26. The number of rotatable bonds is 39. The van der Waals surface area contributed by atoms with Crippen molar-refractivity contribution in [3.8, 4) is 0 Å². The molecule has 0 aliphatic carbocycles. The monoisotopic (exact) mass is 1140 g/mol. The van der Waals surface area contributed by atoms with Crippen molar-refractivity contribution >= 4 is 71.0 Å². The number of aromatic amines is 1. The molecule has 30 heteroatoms. The third-order valence-corrected chi connectivity index (χ3v) is 12.3. The molecule has 10 amide bonds. The van der Waals surface area contributed by atoms with E-state index in [2.05, 4.69) is 62.8 Å². The highest BCUT2D eigenvalue weighted by molar-refractivity contribution is 5.98. The molecule has 452 valence electrons. The SMILES string of the molecule is CC[C@H](NC(=O)[C@H](CC(C)C)NC(=O)[C@@H](NC(=O)[C@H](CCCCN)NC(=O)[C@@H](N)CCCN=C(N)N)C(C)C)C(=O)N[C@@H](CCC(N)=O)C(=O)N[C@@H](CC(C)C)C(=O)N[C@@H](CO)C(=O)N[C@@H](C)C(=O)N[C@@H](Cc1cnc[nH]1)C(=O)O. The van der Waals surface area contributed by atoms with E-state index in [4.69, 9.17) is 28.7 Å². The van der Waals surface area contributed by atoms with Crippen molar-refractivity contribution in [2.75, 3.05) is 19.7 Å². The zero-order valence-electron chi connectivity index (χ0n) is 47.2. The summed E-state index contributed by atoms with van der Waals surface area (Å²) in [5, 5.41) is 42.5. The summed E-state index contributed by atoms with van der Waals surface area (Å²) in [5.74, 6) is -10.9. The van der Waals surface area contributed by atoms with Gasteiger partial charge in [-0.15, -0.1) is 0 Å². The number of primary amides is 1. The van der Waals surface area contributed by atoms with Gasteiger partial charge >= 0.3 is 5.97 Å². The summed E-state index contributed by atoms with van der Waals surface area (Å²) in [5.41, 5.74) is 28.3. The average Bonchev–Trinajstić information content (AvgIpc) is 3.90. The van der Waals surface area contributed by atoms with Crippen LogP contribution in [0, 0.1) is 17.8 Å². The Morgan fingerprint density at radius 3 is 1.57 bits per heavy atom. The maximum Gasteiger partial charge on any atom is 0.326 e. The molecular formula is C50H89N17O13. The maximum atomic E-state index is 14.0. The van der Waals surface area contributed by atoms with Crippen LogP contribution in [0.1, 0.15) is 125 Å². The number of nitrogens with zero attached hydrogens (tertiary/aromatic N) is 2. The normalized spacial score (nSPS) is 15.0. The molecular weight excluding hydrogens is 1050 g/mol. The van der Waals surface area contributed by atoms with Crippen LogP contribution in [0.5, 0.6) is 0 Å². The first kappa shape index (κ1) is 70.5. The molecule has 0 aliphatic heterocycles. The lowest BCUT2D eigenvalue weighted by Gasteiger charge is -2.29. The number of guanidine groups is 1. The number of aliphatic imine (C=N–C) groups is 1. The lowest BCUT2D eigenvalue weighted by molar-refractivity contribution is -0.142. The van der Waals surface area contributed by atoms with Crippen molar-refractivity contribution in [1.82, 2.24) is 57.8 Å². The van der Waals surface area contributed by atoms with E-state index in [9.17, 15) is 63.0 Å². The number of aliphatic hydroxyl groups is 1. The maximum absolute atomic E-state index is 14.0. The first-order valence-corrected chi connectivity index (χ1v) is 26.9. The molecule has 0 bridgehead atoms. The first-order chi connectivity index (χ1) is 37.5. The number of hydrogen-bond donors (Lipinski definition) is 17. The van der Waals surface area contributed by atoms with Crippen LogP contribution < -0.4 is 76.5 Å². The van der Waals surface area contributed by atoms with Crippen molar-refractivity contribution in [1.29, 1.82) is 0 Å². The molecule has 22 N–H and O–H groups in total. The van der Waals surface area contributed by atoms with E-state index < -0.39 is 144 Å². The van der Waals surface area contributed by atoms with Crippen molar-refractivity contribution in [3.63, 3.8) is 0 Å². The van der Waals surface area contributed by atoms with E-state index in [0.29, 0.717) is 31.5 Å². The summed E-state index contributed by atoms with van der Waals surface area (Å²) in [6.45, 7) is 12.8. The molecule has 1 rings (SSSR count). The summed E-state index contributed by atoms with van der Waals surface area (Å²) in [7, 11) is 0. The van der Waals surface area contributed by atoms with E-state index in [0.717, 1.165) is 0 Å². The van der Waals surface area contributed by atoms with Crippen LogP contribution in [0.3, 0.4) is 0 Å². The molecule has 10 atom stereocenters. The van der Waals surface area contributed by atoms with Crippen LogP contribution in [-0.2, 0) is 59.2 Å². The van der Waals surface area contributed by atoms with Gasteiger partial charge in [0.2, 0.25) is 59.1 Å². The van der Waals surface area contributed by atoms with Crippen molar-refractivity contribution in [3.05, 3.63) is 18.2 Å². The topological polar surface area (TPSA) is 508 Å². The smallest absolute Gasteiger partial charge is 0.326 e. The van der Waals surface area contributed by atoms with Gasteiger partial charge in [-0.25, -0.2) is 9.78 Å². The van der Waals surface area contributed by atoms with Gasteiger partial charge in [0, 0.05) is 31.3 Å². The fraction of sp³-hybridized carbons (Fsp3) is 0.700. The minimum atomic E-state index is -1.67. The fourth-order valence-electron chi connectivity index (χ4n) is 7.83. The second-order valence-electron chi connectivity index (χ2n) is 20.7. The summed E-state index contributed by atoms with van der Waals surface area (Å²) in [6, 6.07) is -13.3. The van der Waals surface area contributed by atoms with Crippen molar-refractivity contribution < 1.29 is 63.0 Å². The van der Waals surface area contributed by atoms with E-state index in [1.165, 1.54) is 19.4 Å². The van der Waals surface area contributed by atoms with Gasteiger partial charge in [0.1, 0.15) is 54.4 Å². The number of amides is 10. The zero-order valence-corrected chi connectivity index (χ0v) is 47.2. The predicted molar refractivity (Wildman–Crippen MR) is 293 cm³/mol. The fourth-order valence-corrected chi connectivity index (χ4v) is 7.83. The van der Waals surface area contributed by atoms with Gasteiger partial charge in [-0.1, -0.05) is 48.5 Å². The highest BCUT2D eigenvalue weighted by Gasteiger charge is 2.36. The largest absolute Gasteiger partial charge is 0.480 e. The van der Waals surface area contributed by atoms with Gasteiger partial charge in [0.25, 0.3) is 0 Å². The van der Waals surface area contributed by atoms with Gasteiger partial charge < -0.3 is 91.7 Å². The molecule has 30 nitrogen and oxygen atoms in total. The Kier molecular flexibility index (Phi) is 32.3. The van der Waals surface area contributed by atoms with Crippen LogP contribution in [-0.4, -0.2) is 171 Å². The van der Waals surface area contributed by atoms with Crippen LogP contribution in [0.15, 0.2) is 17.5 Å². The Bertz CT molecular complexity index is 2230. The Hall–Kier alpha value is -7.47. The summed E-state index contributed by atoms with van der Waals surface area (Å²) in [4.78, 5) is 157. The zero-order chi connectivity index (χ0) is 60.8. The number of aromatic nitrogens is 2. The molecule has 0 fully saturated rings. The Morgan fingerprint density at radius 1 is 0.588 bits per heavy atom. The predicted octanol–water partition coefficient (Wildman–Crippen LogP) is -4.65. The number of imidazole rings is 1. The number of H-pyrrole nitrogens is 1. The standard InChI is InChI=1S/C50H89N17O13/c1-9-31(60-45(75)35(20-26(4)5)64-48(78)39(27(6)7)67-44(74)32(14-10-11-17-51)61-41(71)30(52)13-12-18-57-50(54)55)42(72)62-33(15-16-38(53)69)43(73)63-34(19-25(2)3)46(76)66-37(23-68)47(77)59-28(8)40(70)65-36(49(79)80)21-29-22-56-24-58-29/h22,24-28,30-37,39,68H,9-21,23,51-52H2,1-8H3,(H2,53,69)(H,56,58)(H,59,77)(H,60,75)(H,61,71)(H,62,72)(H,63,73)(H,64,78)(H,65,70)(H,66,76)(H,67,74)(H,79,80)(H4,54,55,57)/t28-,30-,31-,32-,33-,34-,35-,36-,37-,39-/m0/s1. The molecule has 0 aromatic carbocycles. The lowest BCUT2D eigenvalue weighted by Crippen LogP contribution is -2.61. The van der Waals surface area contributed by atoms with Gasteiger partial charge in [-0.2, -0.15) is 0 Å². The average molecular weight is 1140 g/mol. The number of nitrogens with one attached hydrogen (secondary N) is 10. The molecule has 0 saturated heterocycles. The second kappa shape index (κ2) is 36.7. The summed E-state index contributed by atoms with van der Waals surface area (Å²) < 4.78 is 0. The number of unbranched alkanes of at least 4 members (excludes halogenated alkanes) is 1. The highest BCUT2D eigenvalue weighted by Crippen LogP contribution is 2.13. The highest BCUT2D eigenvalue weighted by atomic mass is 16.4. The lowest BCUT2D eigenvalue weighted by atomic mass is 9.98. The van der Waals surface area contributed by atoms with Crippen LogP contribution in [0.2, 0.25) is 0 Å². The van der Waals surface area contributed by atoms with E-state index in [1.54, 1.807) is 48.5 Å². The van der Waals surface area contributed by atoms with Crippen molar-refractivity contribution in [2.24, 2.45) is 51.4 Å². The molecule has 80 heavy (non-hydrogen) atoms. The molecule has 0 spiro atoms. The number of aliphatic hydroxyl groups excluding tert-OH is 1. The minimum Gasteiger partial charge on any atom is -0.480 e. The van der Waals surface area contributed by atoms with Gasteiger partial charge in [-0.3, -0.25) is 52.9 Å². The first-order valence-electron chi connectivity index (χ1n) is 26.9. The summed E-state index contributed by atoms with van der Waals surface area (Å²) >= 11 is 0. The van der Waals surface area contributed by atoms with Gasteiger partial charge in [0.15, 0.2) is 5.96 Å². The van der Waals surface area contributed by atoms with Gasteiger partial charge in [-0.05, 0) is 89.0 Å². The molecule has 0 unspecified atom stereocenters. The van der Waals surface area contributed by atoms with E-state index >= 15 is 0 Å². The quantitative estimate of drug-likeness (QED) is 0.0167. The summed E-state index contributed by atoms with van der Waals surface area (Å²) in [6.07, 6.45) is 3.53.